The third kappa shape index (κ3) is 3.27. The molecule has 0 saturated carbocycles. The van der Waals surface area contributed by atoms with Crippen molar-refractivity contribution in [2.75, 3.05) is 0 Å². The van der Waals surface area contributed by atoms with Crippen molar-refractivity contribution in [3.63, 3.8) is 0 Å². The van der Waals surface area contributed by atoms with Crippen LogP contribution in [0.3, 0.4) is 0 Å². The number of aromatic nitrogens is 1. The lowest BCUT2D eigenvalue weighted by molar-refractivity contribution is -0.137. The zero-order valence-corrected chi connectivity index (χ0v) is 13.5. The van der Waals surface area contributed by atoms with Gasteiger partial charge in [0.15, 0.2) is 5.69 Å². The molecule has 128 valence electrons. The average Bonchev–Trinajstić information content (AvgIpc) is 3.23. The normalized spacial score (nSPS) is 11.2. The molecule has 2 amide bonds. The van der Waals surface area contributed by atoms with Crippen LogP contribution in [0.25, 0.3) is 10.9 Å². The number of amides is 2. The summed E-state index contributed by atoms with van der Waals surface area (Å²) in [7, 11) is 0. The largest absolute Gasteiger partial charge is 0.493 e. The highest BCUT2D eigenvalue weighted by Crippen LogP contribution is 2.38. The van der Waals surface area contributed by atoms with Crippen LogP contribution in [0.5, 0.6) is 5.88 Å². The van der Waals surface area contributed by atoms with E-state index in [4.69, 9.17) is 4.42 Å². The molecule has 1 aromatic carbocycles. The standard InChI is InChI=1S/C17H16N4O4/c1-2-21-13-8-4-3-7-12(13)14(17(21)24)19-20-16(23)15(22)18-10-11-6-5-9-25-11/h3-9,24H,2,10H2,1H3,(H,18,22). The van der Waals surface area contributed by atoms with Gasteiger partial charge in [-0.15, -0.1) is 10.2 Å². The second kappa shape index (κ2) is 7.00. The van der Waals surface area contributed by atoms with E-state index in [1.54, 1.807) is 28.8 Å². The number of hydrogen-bond acceptors (Lipinski definition) is 5. The summed E-state index contributed by atoms with van der Waals surface area (Å²) in [6, 6.07) is 10.6. The number of fused-ring (bicyclic) bond motifs is 1. The highest BCUT2D eigenvalue weighted by molar-refractivity contribution is 6.35. The van der Waals surface area contributed by atoms with Crippen LogP contribution < -0.4 is 5.32 Å². The number of hydrogen-bond donors (Lipinski definition) is 2. The highest BCUT2D eigenvalue weighted by Gasteiger charge is 2.17. The number of para-hydroxylation sites is 1. The van der Waals surface area contributed by atoms with E-state index in [2.05, 4.69) is 15.5 Å². The van der Waals surface area contributed by atoms with E-state index in [1.807, 2.05) is 19.1 Å². The predicted octanol–water partition coefficient (Wildman–Crippen LogP) is 2.89. The Morgan fingerprint density at radius 1 is 1.24 bits per heavy atom. The maximum atomic E-state index is 11.8. The summed E-state index contributed by atoms with van der Waals surface area (Å²) in [5, 5.41) is 20.5. The summed E-state index contributed by atoms with van der Waals surface area (Å²) in [6.07, 6.45) is 1.47. The lowest BCUT2D eigenvalue weighted by Gasteiger charge is -2.01. The van der Waals surface area contributed by atoms with Gasteiger partial charge in [-0.05, 0) is 25.1 Å². The smallest absolute Gasteiger partial charge is 0.353 e. The van der Waals surface area contributed by atoms with Crippen LogP contribution in [0.4, 0.5) is 5.69 Å². The van der Waals surface area contributed by atoms with Crippen LogP contribution in [-0.4, -0.2) is 21.5 Å². The molecule has 0 radical (unpaired) electrons. The van der Waals surface area contributed by atoms with Gasteiger partial charge in [-0.1, -0.05) is 18.2 Å². The number of furan rings is 1. The van der Waals surface area contributed by atoms with Crippen LogP contribution in [-0.2, 0) is 22.7 Å². The Balaban J connectivity index is 1.77. The Kier molecular flexibility index (Phi) is 4.60. The van der Waals surface area contributed by atoms with E-state index in [0.717, 1.165) is 5.52 Å². The van der Waals surface area contributed by atoms with Crippen molar-refractivity contribution in [3.8, 4) is 5.88 Å². The van der Waals surface area contributed by atoms with Crippen LogP contribution >= 0.6 is 0 Å². The first-order chi connectivity index (χ1) is 12.1. The molecule has 25 heavy (non-hydrogen) atoms. The van der Waals surface area contributed by atoms with E-state index < -0.39 is 11.8 Å². The number of nitrogens with zero attached hydrogens (tertiary/aromatic N) is 3. The Hall–Kier alpha value is -3.42. The zero-order chi connectivity index (χ0) is 17.8. The molecule has 0 saturated heterocycles. The van der Waals surface area contributed by atoms with Crippen LogP contribution in [0.15, 0.2) is 57.3 Å². The van der Waals surface area contributed by atoms with Gasteiger partial charge in [-0.25, -0.2) is 0 Å². The molecule has 8 nitrogen and oxygen atoms in total. The monoisotopic (exact) mass is 340 g/mol. The molecule has 3 rings (SSSR count). The lowest BCUT2D eigenvalue weighted by Crippen LogP contribution is -2.28. The fraction of sp³-hybridized carbons (Fsp3) is 0.176. The Morgan fingerprint density at radius 3 is 2.76 bits per heavy atom. The van der Waals surface area contributed by atoms with Gasteiger partial charge in [0, 0.05) is 11.9 Å². The molecule has 0 atom stereocenters. The molecule has 0 bridgehead atoms. The van der Waals surface area contributed by atoms with Gasteiger partial charge in [0.1, 0.15) is 5.76 Å². The number of carbonyl (C=O) groups is 2. The molecule has 8 heteroatoms. The molecular weight excluding hydrogens is 324 g/mol. The lowest BCUT2D eigenvalue weighted by atomic mass is 10.2. The van der Waals surface area contributed by atoms with Gasteiger partial charge in [0.25, 0.3) is 0 Å². The van der Waals surface area contributed by atoms with E-state index in [0.29, 0.717) is 17.7 Å². The van der Waals surface area contributed by atoms with Crippen molar-refractivity contribution >= 4 is 28.4 Å². The maximum Gasteiger partial charge on any atom is 0.353 e. The first-order valence-electron chi connectivity index (χ1n) is 7.68. The Morgan fingerprint density at radius 2 is 2.04 bits per heavy atom. The van der Waals surface area contributed by atoms with Crippen LogP contribution in [0.1, 0.15) is 12.7 Å². The third-order valence-electron chi connectivity index (χ3n) is 3.67. The predicted molar refractivity (Wildman–Crippen MR) is 89.4 cm³/mol. The van der Waals surface area contributed by atoms with Crippen molar-refractivity contribution in [2.45, 2.75) is 20.0 Å². The van der Waals surface area contributed by atoms with Crippen molar-refractivity contribution < 1.29 is 19.1 Å². The van der Waals surface area contributed by atoms with Gasteiger partial charge in [-0.2, -0.15) is 0 Å². The summed E-state index contributed by atoms with van der Waals surface area (Å²) in [5.41, 5.74) is 0.927. The number of rotatable bonds is 4. The average molecular weight is 340 g/mol. The molecule has 2 N–H and O–H groups in total. The molecule has 0 fully saturated rings. The van der Waals surface area contributed by atoms with Crippen molar-refractivity contribution in [1.29, 1.82) is 0 Å². The molecule has 0 spiro atoms. The van der Waals surface area contributed by atoms with Crippen molar-refractivity contribution in [1.82, 2.24) is 9.88 Å². The number of azo groups is 1. The highest BCUT2D eigenvalue weighted by atomic mass is 16.3. The molecular formula is C17H16N4O4. The van der Waals surface area contributed by atoms with E-state index >= 15 is 0 Å². The van der Waals surface area contributed by atoms with Crippen molar-refractivity contribution in [2.24, 2.45) is 10.2 Å². The topological polar surface area (TPSA) is 109 Å². The first-order valence-corrected chi connectivity index (χ1v) is 7.68. The van der Waals surface area contributed by atoms with Gasteiger partial charge < -0.3 is 19.4 Å². The fourth-order valence-corrected chi connectivity index (χ4v) is 2.49. The maximum absolute atomic E-state index is 11.8. The zero-order valence-electron chi connectivity index (χ0n) is 13.5. The van der Waals surface area contributed by atoms with Gasteiger partial charge in [0.2, 0.25) is 5.88 Å². The minimum atomic E-state index is -1.06. The summed E-state index contributed by atoms with van der Waals surface area (Å²) < 4.78 is 6.70. The number of aromatic hydroxyl groups is 1. The molecule has 2 aromatic heterocycles. The van der Waals surface area contributed by atoms with E-state index in [9.17, 15) is 14.7 Å². The number of carbonyl (C=O) groups excluding carboxylic acids is 2. The third-order valence-corrected chi connectivity index (χ3v) is 3.67. The minimum absolute atomic E-state index is 0.0769. The summed E-state index contributed by atoms with van der Waals surface area (Å²) >= 11 is 0. The number of benzene rings is 1. The molecule has 0 aliphatic carbocycles. The van der Waals surface area contributed by atoms with E-state index in [1.165, 1.54) is 6.26 Å². The van der Waals surface area contributed by atoms with E-state index in [-0.39, 0.29) is 18.1 Å². The molecule has 0 unspecified atom stereocenters. The van der Waals surface area contributed by atoms with Gasteiger partial charge >= 0.3 is 11.8 Å². The Labute approximate surface area is 142 Å². The SMILES string of the molecule is CCn1c(O)c(N=NC(=O)C(=O)NCc2ccco2)c2ccccc21. The number of nitrogens with one attached hydrogen (secondary N) is 1. The summed E-state index contributed by atoms with van der Waals surface area (Å²) in [4.78, 5) is 23.6. The fourth-order valence-electron chi connectivity index (χ4n) is 2.49. The van der Waals surface area contributed by atoms with Crippen LogP contribution in [0.2, 0.25) is 0 Å². The second-order valence-electron chi connectivity index (χ2n) is 5.20. The first kappa shape index (κ1) is 16.4. The minimum Gasteiger partial charge on any atom is -0.493 e. The summed E-state index contributed by atoms with van der Waals surface area (Å²) in [5.74, 6) is -1.55. The van der Waals surface area contributed by atoms with Gasteiger partial charge in [0.05, 0.1) is 18.3 Å². The molecule has 2 heterocycles. The molecule has 0 aliphatic heterocycles. The Bertz CT molecular complexity index is 941. The van der Waals surface area contributed by atoms with Gasteiger partial charge in [-0.3, -0.25) is 9.59 Å². The molecule has 3 aromatic rings. The summed E-state index contributed by atoms with van der Waals surface area (Å²) in [6.45, 7) is 2.48. The molecule has 0 aliphatic rings. The van der Waals surface area contributed by atoms with Crippen molar-refractivity contribution in [3.05, 3.63) is 48.4 Å². The van der Waals surface area contributed by atoms with Crippen LogP contribution in [0, 0.1) is 0 Å². The second-order valence-corrected chi connectivity index (χ2v) is 5.20. The number of aryl methyl sites for hydroxylation is 1. The quantitative estimate of drug-likeness (QED) is 0.562.